The summed E-state index contributed by atoms with van der Waals surface area (Å²) in [7, 11) is 0. The summed E-state index contributed by atoms with van der Waals surface area (Å²) in [6.07, 6.45) is 6.92. The Kier molecular flexibility index (Phi) is 7.25. The van der Waals surface area contributed by atoms with Crippen LogP contribution in [0.4, 0.5) is 5.69 Å². The first-order chi connectivity index (χ1) is 15.2. The third-order valence-electron chi connectivity index (χ3n) is 6.20. The van der Waals surface area contributed by atoms with Gasteiger partial charge in [0.15, 0.2) is 12.4 Å². The Morgan fingerprint density at radius 2 is 1.87 bits per heavy atom. The van der Waals surface area contributed by atoms with Gasteiger partial charge in [-0.25, -0.2) is 0 Å². The number of benzene rings is 1. The minimum atomic E-state index is -0.242. The van der Waals surface area contributed by atoms with Gasteiger partial charge in [0.2, 0.25) is 11.2 Å². The molecule has 1 aromatic heterocycles. The van der Waals surface area contributed by atoms with Crippen LogP contribution < -0.4 is 25.3 Å². The van der Waals surface area contributed by atoms with Crippen molar-refractivity contribution < 1.29 is 18.8 Å². The molecule has 4 rings (SSSR count). The number of amides is 1. The minimum absolute atomic E-state index is 0.0893. The molecule has 1 saturated carbocycles. The first-order valence-corrected chi connectivity index (χ1v) is 11.3. The van der Waals surface area contributed by atoms with E-state index in [0.717, 1.165) is 51.9 Å². The van der Waals surface area contributed by atoms with Gasteiger partial charge in [-0.05, 0) is 25.0 Å². The van der Waals surface area contributed by atoms with E-state index < -0.39 is 0 Å². The molecule has 166 valence electrons. The second-order valence-corrected chi connectivity index (χ2v) is 8.52. The number of piperazine rings is 1. The second kappa shape index (κ2) is 10.5. The van der Waals surface area contributed by atoms with Crippen molar-refractivity contribution >= 4 is 11.6 Å². The SMILES string of the molecule is O=C(COc1coc(C[NH+]2CCN(c3ccccc3)CC2)cc1=O)NC1CCCCC1. The van der Waals surface area contributed by atoms with Gasteiger partial charge in [-0.15, -0.1) is 0 Å². The topological polar surface area (TPSA) is 76.2 Å². The lowest BCUT2D eigenvalue weighted by molar-refractivity contribution is -0.915. The zero-order valence-electron chi connectivity index (χ0n) is 18.0. The van der Waals surface area contributed by atoms with Gasteiger partial charge in [-0.2, -0.15) is 0 Å². The average molecular weight is 427 g/mol. The van der Waals surface area contributed by atoms with Gasteiger partial charge in [0.25, 0.3) is 5.91 Å². The van der Waals surface area contributed by atoms with Crippen LogP contribution in [0.2, 0.25) is 0 Å². The number of carbonyl (C=O) groups is 1. The molecular weight excluding hydrogens is 394 g/mol. The Hall–Kier alpha value is -2.80. The number of hydrogen-bond donors (Lipinski definition) is 2. The lowest BCUT2D eigenvalue weighted by Crippen LogP contribution is -3.13. The summed E-state index contributed by atoms with van der Waals surface area (Å²) < 4.78 is 11.1. The van der Waals surface area contributed by atoms with E-state index >= 15 is 0 Å². The number of anilines is 1. The van der Waals surface area contributed by atoms with Crippen molar-refractivity contribution in [1.82, 2.24) is 5.32 Å². The van der Waals surface area contributed by atoms with Gasteiger partial charge in [-0.1, -0.05) is 37.5 Å². The maximum atomic E-state index is 12.4. The fourth-order valence-corrected chi connectivity index (χ4v) is 4.44. The molecule has 2 aliphatic rings. The van der Waals surface area contributed by atoms with Crippen molar-refractivity contribution in [3.05, 3.63) is 58.6 Å². The lowest BCUT2D eigenvalue weighted by atomic mass is 9.95. The molecule has 1 aromatic carbocycles. The molecular formula is C24H32N3O4+. The molecule has 0 bridgehead atoms. The van der Waals surface area contributed by atoms with Crippen LogP contribution in [-0.4, -0.2) is 44.7 Å². The Morgan fingerprint density at radius 3 is 2.58 bits per heavy atom. The molecule has 2 fully saturated rings. The largest absolute Gasteiger partial charge is 0.477 e. The number of nitrogens with zero attached hydrogens (tertiary/aromatic N) is 1. The fraction of sp³-hybridized carbons (Fsp3) is 0.500. The predicted octanol–water partition coefficient (Wildman–Crippen LogP) is 1.37. The first-order valence-electron chi connectivity index (χ1n) is 11.3. The zero-order chi connectivity index (χ0) is 21.5. The Morgan fingerprint density at radius 1 is 1.13 bits per heavy atom. The fourth-order valence-electron chi connectivity index (χ4n) is 4.44. The van der Waals surface area contributed by atoms with Crippen LogP contribution in [-0.2, 0) is 11.3 Å². The van der Waals surface area contributed by atoms with E-state index in [4.69, 9.17) is 9.15 Å². The Labute approximate surface area is 183 Å². The van der Waals surface area contributed by atoms with Crippen molar-refractivity contribution in [2.24, 2.45) is 0 Å². The van der Waals surface area contributed by atoms with Crippen LogP contribution in [0.1, 0.15) is 37.9 Å². The highest BCUT2D eigenvalue weighted by atomic mass is 16.5. The number of nitrogens with one attached hydrogen (secondary N) is 2. The average Bonchev–Trinajstić information content (AvgIpc) is 2.80. The third kappa shape index (κ3) is 6.10. The van der Waals surface area contributed by atoms with Gasteiger partial charge in [-0.3, -0.25) is 9.59 Å². The minimum Gasteiger partial charge on any atom is -0.477 e. The van der Waals surface area contributed by atoms with Crippen LogP contribution in [0.25, 0.3) is 0 Å². The van der Waals surface area contributed by atoms with Crippen LogP contribution in [0.3, 0.4) is 0 Å². The van der Waals surface area contributed by atoms with Crippen molar-refractivity contribution in [1.29, 1.82) is 0 Å². The molecule has 31 heavy (non-hydrogen) atoms. The molecule has 1 aliphatic heterocycles. The quantitative estimate of drug-likeness (QED) is 0.700. The van der Waals surface area contributed by atoms with Crippen molar-refractivity contribution in [2.45, 2.75) is 44.7 Å². The van der Waals surface area contributed by atoms with E-state index in [9.17, 15) is 9.59 Å². The van der Waals surface area contributed by atoms with E-state index in [2.05, 4.69) is 34.5 Å². The predicted molar refractivity (Wildman–Crippen MR) is 119 cm³/mol. The zero-order valence-corrected chi connectivity index (χ0v) is 18.0. The monoisotopic (exact) mass is 426 g/mol. The van der Waals surface area contributed by atoms with E-state index in [-0.39, 0.29) is 29.7 Å². The standard InChI is InChI=1S/C24H31N3O4/c28-22-15-21(16-26-11-13-27(14-12-26)20-9-5-2-6-10-20)30-17-23(22)31-18-24(29)25-19-7-3-1-4-8-19/h2,5-6,9-10,15,17,19H,1,3-4,7-8,11-14,16,18H2,(H,25,29)/p+1. The van der Waals surface area contributed by atoms with Gasteiger partial charge in [0.1, 0.15) is 12.8 Å². The van der Waals surface area contributed by atoms with E-state index in [1.54, 1.807) is 0 Å². The number of ether oxygens (including phenoxy) is 1. The number of carbonyl (C=O) groups excluding carboxylic acids is 1. The van der Waals surface area contributed by atoms with Crippen LogP contribution in [0.15, 0.2) is 51.9 Å². The molecule has 1 aliphatic carbocycles. The van der Waals surface area contributed by atoms with Gasteiger partial charge >= 0.3 is 0 Å². The Bertz CT molecular complexity index is 901. The van der Waals surface area contributed by atoms with E-state index in [1.807, 2.05) is 6.07 Å². The molecule has 0 radical (unpaired) electrons. The highest BCUT2D eigenvalue weighted by Crippen LogP contribution is 2.17. The highest BCUT2D eigenvalue weighted by Gasteiger charge is 2.22. The lowest BCUT2D eigenvalue weighted by Gasteiger charge is -2.33. The van der Waals surface area contributed by atoms with Crippen LogP contribution >= 0.6 is 0 Å². The molecule has 7 nitrogen and oxygen atoms in total. The second-order valence-electron chi connectivity index (χ2n) is 8.52. The summed E-state index contributed by atoms with van der Waals surface area (Å²) in [6, 6.07) is 12.2. The van der Waals surface area contributed by atoms with Crippen molar-refractivity contribution in [2.75, 3.05) is 37.7 Å². The molecule has 2 heterocycles. The van der Waals surface area contributed by atoms with Gasteiger partial charge in [0.05, 0.1) is 26.2 Å². The summed E-state index contributed by atoms with van der Waals surface area (Å²) >= 11 is 0. The van der Waals surface area contributed by atoms with Crippen molar-refractivity contribution in [3.63, 3.8) is 0 Å². The van der Waals surface area contributed by atoms with Gasteiger partial charge < -0.3 is 24.3 Å². The van der Waals surface area contributed by atoms with E-state index in [1.165, 1.54) is 29.3 Å². The highest BCUT2D eigenvalue weighted by molar-refractivity contribution is 5.77. The summed E-state index contributed by atoms with van der Waals surface area (Å²) in [4.78, 5) is 28.2. The third-order valence-corrected chi connectivity index (χ3v) is 6.20. The summed E-state index contributed by atoms with van der Waals surface area (Å²) in [5, 5.41) is 2.99. The first kappa shape index (κ1) is 21.4. The van der Waals surface area contributed by atoms with Gasteiger partial charge in [0, 0.05) is 17.8 Å². The number of hydrogen-bond acceptors (Lipinski definition) is 5. The summed E-state index contributed by atoms with van der Waals surface area (Å²) in [5.41, 5.74) is 1.01. The molecule has 0 unspecified atom stereocenters. The molecule has 0 atom stereocenters. The molecule has 1 amide bonds. The summed E-state index contributed by atoms with van der Waals surface area (Å²) in [6.45, 7) is 4.42. The smallest absolute Gasteiger partial charge is 0.258 e. The normalized spacial score (nSPS) is 18.0. The van der Waals surface area contributed by atoms with Crippen LogP contribution in [0, 0.1) is 0 Å². The van der Waals surface area contributed by atoms with E-state index in [0.29, 0.717) is 12.3 Å². The van der Waals surface area contributed by atoms with Crippen LogP contribution in [0.5, 0.6) is 5.75 Å². The number of quaternary nitrogens is 1. The Balaban J connectivity index is 1.23. The number of rotatable bonds is 7. The van der Waals surface area contributed by atoms with Crippen molar-refractivity contribution in [3.8, 4) is 5.75 Å². The maximum Gasteiger partial charge on any atom is 0.258 e. The number of para-hydroxylation sites is 1. The summed E-state index contributed by atoms with van der Waals surface area (Å²) in [5.74, 6) is 0.551. The molecule has 1 saturated heterocycles. The molecule has 7 heteroatoms. The maximum absolute atomic E-state index is 12.4. The molecule has 0 spiro atoms. The molecule has 2 aromatic rings. The molecule has 2 N–H and O–H groups in total.